The molecule has 84 valence electrons. The van der Waals surface area contributed by atoms with Gasteiger partial charge in [-0.3, -0.25) is 4.79 Å². The molecule has 0 fully saturated rings. The SMILES string of the molecule is CC#CCC(=O)c1ccc(C(C)(C)C)cc1. The number of benzene rings is 1. The Morgan fingerprint density at radius 3 is 2.19 bits per heavy atom. The monoisotopic (exact) mass is 214 g/mol. The number of carbonyl (C=O) groups excluding carboxylic acids is 1. The van der Waals surface area contributed by atoms with Crippen molar-refractivity contribution in [3.63, 3.8) is 0 Å². The molecule has 0 atom stereocenters. The highest BCUT2D eigenvalue weighted by atomic mass is 16.1. The predicted octanol–water partition coefficient (Wildman–Crippen LogP) is 3.58. The van der Waals surface area contributed by atoms with Crippen molar-refractivity contribution < 1.29 is 4.79 Å². The van der Waals surface area contributed by atoms with Gasteiger partial charge in [0.1, 0.15) is 0 Å². The molecule has 0 heterocycles. The van der Waals surface area contributed by atoms with Gasteiger partial charge in [0, 0.05) is 5.56 Å². The van der Waals surface area contributed by atoms with Crippen LogP contribution in [0.4, 0.5) is 0 Å². The van der Waals surface area contributed by atoms with Crippen LogP contribution in [0.25, 0.3) is 0 Å². The second kappa shape index (κ2) is 4.99. The van der Waals surface area contributed by atoms with Gasteiger partial charge < -0.3 is 0 Å². The molecule has 0 aliphatic heterocycles. The van der Waals surface area contributed by atoms with Crippen LogP contribution >= 0.6 is 0 Å². The summed E-state index contributed by atoms with van der Waals surface area (Å²) in [6.45, 7) is 8.22. The fourth-order valence-electron chi connectivity index (χ4n) is 1.43. The zero-order valence-corrected chi connectivity index (χ0v) is 10.4. The Labute approximate surface area is 97.9 Å². The minimum atomic E-state index is 0.0924. The number of rotatable bonds is 2. The minimum absolute atomic E-state index is 0.0924. The second-order valence-corrected chi connectivity index (χ2v) is 4.85. The molecule has 0 N–H and O–H groups in total. The Hall–Kier alpha value is -1.55. The van der Waals surface area contributed by atoms with Crippen LogP contribution in [-0.2, 0) is 5.41 Å². The van der Waals surface area contributed by atoms with Gasteiger partial charge >= 0.3 is 0 Å². The average Bonchev–Trinajstić information content (AvgIpc) is 2.25. The quantitative estimate of drug-likeness (QED) is 0.543. The maximum Gasteiger partial charge on any atom is 0.174 e. The zero-order chi connectivity index (χ0) is 12.2. The highest BCUT2D eigenvalue weighted by molar-refractivity contribution is 5.97. The molecule has 0 radical (unpaired) electrons. The van der Waals surface area contributed by atoms with Gasteiger partial charge in [0.2, 0.25) is 0 Å². The molecule has 0 aliphatic carbocycles. The molecule has 0 aliphatic rings. The maximum atomic E-state index is 11.7. The Kier molecular flexibility index (Phi) is 3.90. The van der Waals surface area contributed by atoms with E-state index in [1.807, 2.05) is 24.3 Å². The lowest BCUT2D eigenvalue weighted by atomic mass is 9.86. The smallest absolute Gasteiger partial charge is 0.174 e. The summed E-state index contributed by atoms with van der Waals surface area (Å²) < 4.78 is 0. The highest BCUT2D eigenvalue weighted by Crippen LogP contribution is 2.22. The van der Waals surface area contributed by atoms with E-state index in [1.165, 1.54) is 5.56 Å². The van der Waals surface area contributed by atoms with Gasteiger partial charge in [-0.25, -0.2) is 0 Å². The fourth-order valence-corrected chi connectivity index (χ4v) is 1.43. The zero-order valence-electron chi connectivity index (χ0n) is 10.4. The molecule has 0 unspecified atom stereocenters. The Morgan fingerprint density at radius 1 is 1.19 bits per heavy atom. The third-order valence-electron chi connectivity index (χ3n) is 2.50. The van der Waals surface area contributed by atoms with E-state index in [0.29, 0.717) is 6.42 Å². The molecule has 0 spiro atoms. The molecule has 1 nitrogen and oxygen atoms in total. The Morgan fingerprint density at radius 2 is 1.75 bits per heavy atom. The second-order valence-electron chi connectivity index (χ2n) is 4.85. The van der Waals surface area contributed by atoms with Crippen LogP contribution in [0.1, 0.15) is 50.0 Å². The van der Waals surface area contributed by atoms with Gasteiger partial charge in [-0.05, 0) is 17.9 Å². The molecule has 16 heavy (non-hydrogen) atoms. The molecule has 0 amide bonds. The van der Waals surface area contributed by atoms with Gasteiger partial charge in [0.05, 0.1) is 6.42 Å². The van der Waals surface area contributed by atoms with Crippen LogP contribution in [0.3, 0.4) is 0 Å². The van der Waals surface area contributed by atoms with Crippen molar-refractivity contribution in [2.75, 3.05) is 0 Å². The summed E-state index contributed by atoms with van der Waals surface area (Å²) in [6, 6.07) is 7.82. The van der Waals surface area contributed by atoms with Crippen molar-refractivity contribution in [2.45, 2.75) is 39.5 Å². The molecule has 0 saturated carbocycles. The summed E-state index contributed by atoms with van der Waals surface area (Å²) in [4.78, 5) is 11.7. The van der Waals surface area contributed by atoms with Crippen LogP contribution in [0.5, 0.6) is 0 Å². The number of hydrogen-bond donors (Lipinski definition) is 0. The summed E-state index contributed by atoms with van der Waals surface area (Å²) in [5, 5.41) is 0. The first-order chi connectivity index (χ1) is 7.45. The van der Waals surface area contributed by atoms with Crippen LogP contribution in [0, 0.1) is 11.8 Å². The molecule has 0 bridgehead atoms. The van der Waals surface area contributed by atoms with Gasteiger partial charge in [0.25, 0.3) is 0 Å². The molecule has 1 aromatic rings. The van der Waals surface area contributed by atoms with Gasteiger partial charge in [-0.2, -0.15) is 0 Å². The van der Waals surface area contributed by atoms with Crippen molar-refractivity contribution in [2.24, 2.45) is 0 Å². The fraction of sp³-hybridized carbons (Fsp3) is 0.400. The summed E-state index contributed by atoms with van der Waals surface area (Å²) in [7, 11) is 0. The van der Waals surface area contributed by atoms with Gasteiger partial charge in [-0.15, -0.1) is 5.92 Å². The standard InChI is InChI=1S/C15H18O/c1-5-6-7-14(16)12-8-10-13(11-9-12)15(2,3)4/h8-11H,7H2,1-4H3. The number of carbonyl (C=O) groups is 1. The first-order valence-corrected chi connectivity index (χ1v) is 5.48. The average molecular weight is 214 g/mol. The third-order valence-corrected chi connectivity index (χ3v) is 2.50. The van der Waals surface area contributed by atoms with Crippen molar-refractivity contribution in [3.8, 4) is 11.8 Å². The van der Waals surface area contributed by atoms with Crippen molar-refractivity contribution in [1.82, 2.24) is 0 Å². The Bertz CT molecular complexity index is 421. The van der Waals surface area contributed by atoms with Crippen LogP contribution in [0.2, 0.25) is 0 Å². The molecule has 0 saturated heterocycles. The van der Waals surface area contributed by atoms with E-state index in [2.05, 4.69) is 32.6 Å². The number of hydrogen-bond acceptors (Lipinski definition) is 1. The van der Waals surface area contributed by atoms with Crippen LogP contribution in [0.15, 0.2) is 24.3 Å². The summed E-state index contributed by atoms with van der Waals surface area (Å²) >= 11 is 0. The lowest BCUT2D eigenvalue weighted by molar-refractivity contribution is 0.0998. The molecule has 1 rings (SSSR count). The lowest BCUT2D eigenvalue weighted by Gasteiger charge is -2.18. The summed E-state index contributed by atoms with van der Waals surface area (Å²) in [5.41, 5.74) is 2.12. The largest absolute Gasteiger partial charge is 0.293 e. The third kappa shape index (κ3) is 3.24. The van der Waals surface area contributed by atoms with Crippen molar-refractivity contribution >= 4 is 5.78 Å². The normalized spacial score (nSPS) is 10.5. The summed E-state index contributed by atoms with van der Waals surface area (Å²) in [5.74, 6) is 5.62. The van der Waals surface area contributed by atoms with Gasteiger partial charge in [0.15, 0.2) is 5.78 Å². The minimum Gasteiger partial charge on any atom is -0.293 e. The van der Waals surface area contributed by atoms with E-state index in [-0.39, 0.29) is 11.2 Å². The number of Topliss-reactive ketones (excluding diaryl/α,β-unsaturated/α-hetero) is 1. The van der Waals surface area contributed by atoms with E-state index in [0.717, 1.165) is 5.56 Å². The lowest BCUT2D eigenvalue weighted by Crippen LogP contribution is -2.11. The molecular formula is C15H18O. The van der Waals surface area contributed by atoms with Crippen molar-refractivity contribution in [3.05, 3.63) is 35.4 Å². The highest BCUT2D eigenvalue weighted by Gasteiger charge is 2.13. The van der Waals surface area contributed by atoms with E-state index >= 15 is 0 Å². The van der Waals surface area contributed by atoms with Crippen molar-refractivity contribution in [1.29, 1.82) is 0 Å². The van der Waals surface area contributed by atoms with Crippen LogP contribution < -0.4 is 0 Å². The predicted molar refractivity (Wildman–Crippen MR) is 67.5 cm³/mol. The first-order valence-electron chi connectivity index (χ1n) is 5.48. The van der Waals surface area contributed by atoms with E-state index in [9.17, 15) is 4.79 Å². The van der Waals surface area contributed by atoms with Crippen LogP contribution in [-0.4, -0.2) is 5.78 Å². The molecule has 1 heteroatoms. The van der Waals surface area contributed by atoms with E-state index in [4.69, 9.17) is 0 Å². The van der Waals surface area contributed by atoms with Gasteiger partial charge in [-0.1, -0.05) is 51.0 Å². The number of ketones is 1. The maximum absolute atomic E-state index is 11.7. The first kappa shape index (κ1) is 12.5. The molecule has 0 aromatic heterocycles. The Balaban J connectivity index is 2.86. The van der Waals surface area contributed by atoms with E-state index in [1.54, 1.807) is 6.92 Å². The topological polar surface area (TPSA) is 17.1 Å². The van der Waals surface area contributed by atoms with E-state index < -0.39 is 0 Å². The molecular weight excluding hydrogens is 196 g/mol. The summed E-state index contributed by atoms with van der Waals surface area (Å²) in [6.07, 6.45) is 0.311. The molecule has 1 aromatic carbocycles.